The van der Waals surface area contributed by atoms with Crippen LogP contribution in [-0.4, -0.2) is 8.32 Å². The number of rotatable bonds is 5. The maximum absolute atomic E-state index is 7.08. The van der Waals surface area contributed by atoms with E-state index in [-0.39, 0.29) is 0 Å². The fraction of sp³-hybridized carbons (Fsp3) is 0.636. The topological polar surface area (TPSA) is 18.5 Å². The zero-order valence-electron chi connectivity index (χ0n) is 17.7. The van der Waals surface area contributed by atoms with Crippen molar-refractivity contribution in [2.24, 2.45) is 0 Å². The molecule has 0 saturated carbocycles. The average molecular weight is 361 g/mol. The second kappa shape index (κ2) is 7.18. The van der Waals surface area contributed by atoms with Crippen molar-refractivity contribution in [1.29, 1.82) is 0 Å². The molecule has 0 aromatic heterocycles. The highest BCUT2D eigenvalue weighted by atomic mass is 28.4. The van der Waals surface area contributed by atoms with Crippen LogP contribution in [0.2, 0.25) is 16.6 Å². The summed E-state index contributed by atoms with van der Waals surface area (Å²) in [7, 11) is -1.97. The Hall–Kier alpha value is -1.22. The van der Waals surface area contributed by atoms with E-state index in [1.165, 1.54) is 22.3 Å². The van der Waals surface area contributed by atoms with E-state index in [0.717, 1.165) is 30.1 Å². The maximum atomic E-state index is 7.08. The molecule has 0 bridgehead atoms. The standard InChI is InChI=1S/C22H36O2Si/c1-13(2)25(14(3)4,15(5)6)24-21-17(8)18(9)22-20(19(21)10)12-11-16(7)23-22/h13-15H,7,11-12H2,1-6,8-10H3. The Bertz CT molecular complexity index is 650. The Morgan fingerprint density at radius 3 is 1.84 bits per heavy atom. The lowest BCUT2D eigenvalue weighted by Crippen LogP contribution is -2.51. The van der Waals surface area contributed by atoms with Crippen molar-refractivity contribution in [2.75, 3.05) is 0 Å². The molecule has 1 heterocycles. The van der Waals surface area contributed by atoms with Gasteiger partial charge in [-0.15, -0.1) is 0 Å². The van der Waals surface area contributed by atoms with Gasteiger partial charge >= 0.3 is 0 Å². The fourth-order valence-corrected chi connectivity index (χ4v) is 10.1. The summed E-state index contributed by atoms with van der Waals surface area (Å²) in [5, 5.41) is 0. The first kappa shape index (κ1) is 20.1. The number of hydrogen-bond donors (Lipinski definition) is 0. The Labute approximate surface area is 155 Å². The van der Waals surface area contributed by atoms with E-state index in [1.54, 1.807) is 0 Å². The van der Waals surface area contributed by atoms with Crippen LogP contribution in [-0.2, 0) is 6.42 Å². The van der Waals surface area contributed by atoms with Gasteiger partial charge in [0, 0.05) is 12.0 Å². The molecule has 1 aromatic carbocycles. The van der Waals surface area contributed by atoms with Crippen LogP contribution in [0, 0.1) is 20.8 Å². The summed E-state index contributed by atoms with van der Waals surface area (Å²) in [5.74, 6) is 3.01. The molecule has 0 unspecified atom stereocenters. The summed E-state index contributed by atoms with van der Waals surface area (Å²) in [6.07, 6.45) is 1.90. The zero-order chi connectivity index (χ0) is 19.1. The molecule has 0 aliphatic carbocycles. The molecular weight excluding hydrogens is 324 g/mol. The molecule has 0 N–H and O–H groups in total. The Kier molecular flexibility index (Phi) is 5.77. The molecule has 2 rings (SSSR count). The van der Waals surface area contributed by atoms with Crippen molar-refractivity contribution in [3.8, 4) is 11.5 Å². The van der Waals surface area contributed by atoms with E-state index in [0.29, 0.717) is 16.6 Å². The Morgan fingerprint density at radius 1 is 0.840 bits per heavy atom. The Morgan fingerprint density at radius 2 is 1.36 bits per heavy atom. The molecule has 1 aliphatic heterocycles. The molecule has 1 aliphatic rings. The van der Waals surface area contributed by atoms with Gasteiger partial charge in [-0.3, -0.25) is 0 Å². The minimum absolute atomic E-state index is 0.568. The van der Waals surface area contributed by atoms with E-state index in [1.807, 2.05) is 0 Å². The monoisotopic (exact) mass is 360 g/mol. The third-order valence-corrected chi connectivity index (χ3v) is 12.2. The summed E-state index contributed by atoms with van der Waals surface area (Å²) in [4.78, 5) is 0. The van der Waals surface area contributed by atoms with E-state index >= 15 is 0 Å². The van der Waals surface area contributed by atoms with Gasteiger partial charge in [0.25, 0.3) is 8.32 Å². The molecule has 0 fully saturated rings. The van der Waals surface area contributed by atoms with Crippen LogP contribution in [0.25, 0.3) is 0 Å². The van der Waals surface area contributed by atoms with Crippen molar-refractivity contribution < 1.29 is 9.16 Å². The highest BCUT2D eigenvalue weighted by Crippen LogP contribution is 2.47. The van der Waals surface area contributed by atoms with Crippen LogP contribution in [0.1, 0.15) is 70.2 Å². The van der Waals surface area contributed by atoms with Crippen molar-refractivity contribution in [1.82, 2.24) is 0 Å². The quantitative estimate of drug-likeness (QED) is 0.526. The lowest BCUT2D eigenvalue weighted by atomic mass is 9.93. The number of allylic oxidation sites excluding steroid dienone is 1. The van der Waals surface area contributed by atoms with Gasteiger partial charge < -0.3 is 9.16 Å². The number of ether oxygens (including phenoxy) is 1. The third kappa shape index (κ3) is 3.28. The fourth-order valence-electron chi connectivity index (χ4n) is 4.74. The molecule has 0 radical (unpaired) electrons. The molecule has 0 spiro atoms. The van der Waals surface area contributed by atoms with Gasteiger partial charge in [0.1, 0.15) is 11.5 Å². The van der Waals surface area contributed by atoms with Gasteiger partial charge in [-0.2, -0.15) is 0 Å². The maximum Gasteiger partial charge on any atom is 0.258 e. The summed E-state index contributed by atoms with van der Waals surface area (Å²) in [6.45, 7) is 24.6. The van der Waals surface area contributed by atoms with Gasteiger partial charge in [0.2, 0.25) is 0 Å². The van der Waals surface area contributed by atoms with Crippen molar-refractivity contribution >= 4 is 8.32 Å². The van der Waals surface area contributed by atoms with Crippen LogP contribution in [0.4, 0.5) is 0 Å². The van der Waals surface area contributed by atoms with Crippen LogP contribution in [0.5, 0.6) is 11.5 Å². The smallest absolute Gasteiger partial charge is 0.258 e. The summed E-state index contributed by atoms with van der Waals surface area (Å²) in [6, 6.07) is 0. The predicted molar refractivity (Wildman–Crippen MR) is 110 cm³/mol. The molecule has 1 aromatic rings. The van der Waals surface area contributed by atoms with E-state index in [9.17, 15) is 0 Å². The first-order valence-corrected chi connectivity index (χ1v) is 11.8. The van der Waals surface area contributed by atoms with Gasteiger partial charge in [0.05, 0.1) is 5.76 Å². The van der Waals surface area contributed by atoms with E-state index < -0.39 is 8.32 Å². The molecular formula is C22H36O2Si. The van der Waals surface area contributed by atoms with E-state index in [2.05, 4.69) is 68.9 Å². The molecule has 2 nitrogen and oxygen atoms in total. The molecule has 0 amide bonds. The zero-order valence-corrected chi connectivity index (χ0v) is 18.7. The molecule has 3 heteroatoms. The molecule has 140 valence electrons. The van der Waals surface area contributed by atoms with Crippen LogP contribution in [0.3, 0.4) is 0 Å². The third-order valence-electron chi connectivity index (χ3n) is 6.20. The van der Waals surface area contributed by atoms with Crippen molar-refractivity contribution in [3.05, 3.63) is 34.6 Å². The SMILES string of the molecule is C=C1CCc2c(C)c(O[Si](C(C)C)(C(C)C)C(C)C)c(C)c(C)c2O1. The van der Waals surface area contributed by atoms with Crippen LogP contribution in [0.15, 0.2) is 12.3 Å². The van der Waals surface area contributed by atoms with Gasteiger partial charge in [-0.05, 0) is 60.5 Å². The highest BCUT2D eigenvalue weighted by molar-refractivity contribution is 6.78. The van der Waals surface area contributed by atoms with Gasteiger partial charge in [-0.1, -0.05) is 48.1 Å². The normalized spacial score (nSPS) is 15.0. The van der Waals surface area contributed by atoms with Gasteiger partial charge in [0.15, 0.2) is 0 Å². The average Bonchev–Trinajstić information content (AvgIpc) is 2.51. The van der Waals surface area contributed by atoms with E-state index in [4.69, 9.17) is 9.16 Å². The molecule has 0 atom stereocenters. The second-order valence-electron chi connectivity index (χ2n) is 8.57. The molecule has 25 heavy (non-hydrogen) atoms. The largest absolute Gasteiger partial charge is 0.542 e. The summed E-state index contributed by atoms with van der Waals surface area (Å²) >= 11 is 0. The second-order valence-corrected chi connectivity index (χ2v) is 13.9. The number of benzene rings is 1. The van der Waals surface area contributed by atoms with Crippen molar-refractivity contribution in [2.45, 2.75) is 91.8 Å². The minimum atomic E-state index is -1.97. The van der Waals surface area contributed by atoms with Crippen molar-refractivity contribution in [3.63, 3.8) is 0 Å². The number of hydrogen-bond acceptors (Lipinski definition) is 2. The summed E-state index contributed by atoms with van der Waals surface area (Å²) in [5.41, 5.74) is 6.71. The lowest BCUT2D eigenvalue weighted by Gasteiger charge is -2.43. The first-order valence-electron chi connectivity index (χ1n) is 9.71. The first-order chi connectivity index (χ1) is 11.5. The Balaban J connectivity index is 2.63. The molecule has 0 saturated heterocycles. The van der Waals surface area contributed by atoms with Gasteiger partial charge in [-0.25, -0.2) is 0 Å². The highest BCUT2D eigenvalue weighted by Gasteiger charge is 2.47. The predicted octanol–water partition coefficient (Wildman–Crippen LogP) is 7.00. The number of fused-ring (bicyclic) bond motifs is 1. The lowest BCUT2D eigenvalue weighted by molar-refractivity contribution is 0.374. The summed E-state index contributed by atoms with van der Waals surface area (Å²) < 4.78 is 13.1. The van der Waals surface area contributed by atoms with Crippen LogP contribution >= 0.6 is 0 Å². The van der Waals surface area contributed by atoms with Crippen LogP contribution < -0.4 is 9.16 Å². The minimum Gasteiger partial charge on any atom is -0.542 e.